The van der Waals surface area contributed by atoms with E-state index in [4.69, 9.17) is 9.84 Å². The maximum absolute atomic E-state index is 11.2. The minimum Gasteiger partial charge on any atom is -0.496 e. The molecule has 0 bridgehead atoms. The van der Waals surface area contributed by atoms with Gasteiger partial charge in [0.25, 0.3) is 5.78 Å². The summed E-state index contributed by atoms with van der Waals surface area (Å²) in [4.78, 5) is 28.3. The summed E-state index contributed by atoms with van der Waals surface area (Å²) in [5.74, 6) is -1.98. The number of carboxylic acid groups (broad SMARTS) is 1. The van der Waals surface area contributed by atoms with Gasteiger partial charge in [-0.1, -0.05) is 0 Å². The van der Waals surface area contributed by atoms with Crippen LogP contribution in [0.2, 0.25) is 0 Å². The molecule has 2 aromatic heterocycles. The van der Waals surface area contributed by atoms with Gasteiger partial charge in [0.2, 0.25) is 0 Å². The van der Waals surface area contributed by atoms with Crippen molar-refractivity contribution in [2.75, 3.05) is 7.11 Å². The van der Waals surface area contributed by atoms with Gasteiger partial charge in [-0.05, 0) is 12.1 Å². The van der Waals surface area contributed by atoms with Crippen LogP contribution < -0.4 is 4.74 Å². The van der Waals surface area contributed by atoms with Crippen LogP contribution in [0.5, 0.6) is 5.75 Å². The fourth-order valence-electron chi connectivity index (χ4n) is 1.42. The lowest BCUT2D eigenvalue weighted by Crippen LogP contribution is -2.12. The molecule has 0 aliphatic rings. The molecule has 0 saturated heterocycles. The van der Waals surface area contributed by atoms with E-state index in [9.17, 15) is 9.59 Å². The molecule has 6 nitrogen and oxygen atoms in total. The molecule has 2 N–H and O–H groups in total. The first-order valence-corrected chi connectivity index (χ1v) is 4.43. The highest BCUT2D eigenvalue weighted by atomic mass is 16.5. The Hall–Kier alpha value is -2.37. The van der Waals surface area contributed by atoms with Gasteiger partial charge < -0.3 is 14.8 Å². The molecule has 0 spiro atoms. The Morgan fingerprint density at radius 2 is 2.25 bits per heavy atom. The molecule has 0 fully saturated rings. The van der Waals surface area contributed by atoms with E-state index in [1.54, 1.807) is 6.07 Å². The Kier molecular flexibility index (Phi) is 2.32. The van der Waals surface area contributed by atoms with Gasteiger partial charge in [-0.15, -0.1) is 0 Å². The van der Waals surface area contributed by atoms with E-state index >= 15 is 0 Å². The third kappa shape index (κ3) is 1.50. The van der Waals surface area contributed by atoms with Crippen molar-refractivity contribution in [1.82, 2.24) is 9.97 Å². The lowest BCUT2D eigenvalue weighted by Gasteiger charge is -1.98. The maximum Gasteiger partial charge on any atom is 0.378 e. The second-order valence-corrected chi connectivity index (χ2v) is 3.09. The van der Waals surface area contributed by atoms with Gasteiger partial charge in [0.05, 0.1) is 18.2 Å². The van der Waals surface area contributed by atoms with E-state index in [0.717, 1.165) is 0 Å². The molecular weight excluding hydrogens is 212 g/mol. The van der Waals surface area contributed by atoms with E-state index < -0.39 is 11.8 Å². The number of hydrogen-bond acceptors (Lipinski definition) is 4. The Morgan fingerprint density at radius 3 is 2.88 bits per heavy atom. The van der Waals surface area contributed by atoms with E-state index in [-0.39, 0.29) is 5.69 Å². The first-order valence-electron chi connectivity index (χ1n) is 4.43. The number of carbonyl (C=O) groups excluding carboxylic acids is 1. The lowest BCUT2D eigenvalue weighted by molar-refractivity contribution is -0.131. The Labute approximate surface area is 89.9 Å². The van der Waals surface area contributed by atoms with Crippen molar-refractivity contribution >= 4 is 22.8 Å². The Morgan fingerprint density at radius 1 is 1.50 bits per heavy atom. The van der Waals surface area contributed by atoms with Crippen LogP contribution >= 0.6 is 0 Å². The maximum atomic E-state index is 11.2. The van der Waals surface area contributed by atoms with Crippen molar-refractivity contribution in [3.63, 3.8) is 0 Å². The number of aromatic amines is 1. The number of ether oxygens (including phenoxy) is 1. The van der Waals surface area contributed by atoms with Crippen LogP contribution in [0.4, 0.5) is 0 Å². The number of fused-ring (bicyclic) bond motifs is 1. The quantitative estimate of drug-likeness (QED) is 0.590. The third-order valence-corrected chi connectivity index (χ3v) is 2.15. The van der Waals surface area contributed by atoms with Gasteiger partial charge in [0.15, 0.2) is 0 Å². The monoisotopic (exact) mass is 220 g/mol. The van der Waals surface area contributed by atoms with Gasteiger partial charge in [-0.2, -0.15) is 0 Å². The third-order valence-electron chi connectivity index (χ3n) is 2.15. The molecule has 0 aromatic carbocycles. The van der Waals surface area contributed by atoms with E-state index in [2.05, 4.69) is 9.97 Å². The van der Waals surface area contributed by atoms with Crippen molar-refractivity contribution in [2.45, 2.75) is 0 Å². The lowest BCUT2D eigenvalue weighted by atomic mass is 10.2. The number of rotatable bonds is 3. The van der Waals surface area contributed by atoms with Gasteiger partial charge >= 0.3 is 5.97 Å². The molecule has 0 aliphatic heterocycles. The smallest absolute Gasteiger partial charge is 0.378 e. The molecule has 82 valence electrons. The highest BCUT2D eigenvalue weighted by molar-refractivity contribution is 6.39. The first-order chi connectivity index (χ1) is 7.63. The summed E-state index contributed by atoms with van der Waals surface area (Å²) in [6.07, 6.45) is 1.51. The predicted molar refractivity (Wildman–Crippen MR) is 54.6 cm³/mol. The largest absolute Gasteiger partial charge is 0.496 e. The van der Waals surface area contributed by atoms with Gasteiger partial charge in [-0.25, -0.2) is 9.78 Å². The summed E-state index contributed by atoms with van der Waals surface area (Å²) in [5.41, 5.74) is 0.406. The summed E-state index contributed by atoms with van der Waals surface area (Å²) in [5, 5.41) is 9.14. The molecule has 2 aromatic rings. The fraction of sp³-hybridized carbons (Fsp3) is 0.100. The van der Waals surface area contributed by atoms with Gasteiger partial charge in [0.1, 0.15) is 11.4 Å². The summed E-state index contributed by atoms with van der Waals surface area (Å²) in [7, 11) is 1.49. The van der Waals surface area contributed by atoms with Crippen LogP contribution in [0.15, 0.2) is 18.3 Å². The molecule has 0 aliphatic carbocycles. The number of carbonyl (C=O) groups is 2. The zero-order valence-electron chi connectivity index (χ0n) is 8.35. The minimum atomic E-state index is -1.51. The van der Waals surface area contributed by atoms with Crippen LogP contribution in [0.25, 0.3) is 11.0 Å². The Bertz CT molecular complexity index is 573. The number of H-pyrrole nitrogens is 1. The van der Waals surface area contributed by atoms with Crippen molar-refractivity contribution in [2.24, 2.45) is 0 Å². The topological polar surface area (TPSA) is 92.3 Å². The van der Waals surface area contributed by atoms with Gasteiger partial charge in [-0.3, -0.25) is 4.79 Å². The van der Waals surface area contributed by atoms with Crippen LogP contribution in [0.1, 0.15) is 10.5 Å². The number of aliphatic carboxylic acids is 1. The average Bonchev–Trinajstić information content (AvgIpc) is 2.70. The zero-order chi connectivity index (χ0) is 11.7. The van der Waals surface area contributed by atoms with Crippen molar-refractivity contribution in [1.29, 1.82) is 0 Å². The number of nitrogens with zero attached hydrogens (tertiary/aromatic N) is 1. The van der Waals surface area contributed by atoms with E-state index in [1.807, 2.05) is 0 Å². The van der Waals surface area contributed by atoms with Crippen molar-refractivity contribution in [3.05, 3.63) is 24.0 Å². The molecule has 0 radical (unpaired) electrons. The molecule has 16 heavy (non-hydrogen) atoms. The highest BCUT2D eigenvalue weighted by Gasteiger charge is 2.18. The predicted octanol–water partition coefficient (Wildman–Crippen LogP) is 0.839. The number of hydrogen-bond donors (Lipinski definition) is 2. The molecule has 0 atom stereocenters. The molecule has 0 amide bonds. The number of nitrogens with one attached hydrogen (secondary N) is 1. The number of ketones is 1. The second kappa shape index (κ2) is 3.65. The second-order valence-electron chi connectivity index (χ2n) is 3.09. The summed E-state index contributed by atoms with van der Waals surface area (Å²) >= 11 is 0. The summed E-state index contributed by atoms with van der Waals surface area (Å²) in [6.45, 7) is 0. The molecule has 2 heterocycles. The highest BCUT2D eigenvalue weighted by Crippen LogP contribution is 2.24. The number of methoxy groups -OCH3 is 1. The van der Waals surface area contributed by atoms with Crippen LogP contribution in [0.3, 0.4) is 0 Å². The average molecular weight is 220 g/mol. The molecular formula is C10H8N2O4. The van der Waals surface area contributed by atoms with Crippen molar-refractivity contribution < 1.29 is 19.4 Å². The SMILES string of the molecule is COc1ccnc2[nH]c(C(=O)C(=O)O)cc12. The first kappa shape index (κ1) is 10.2. The number of pyridine rings is 1. The summed E-state index contributed by atoms with van der Waals surface area (Å²) in [6, 6.07) is 3.04. The standard InChI is InChI=1S/C10H8N2O4/c1-16-7-2-3-11-9-5(7)4-6(12-9)8(13)10(14)15/h2-4H,1H3,(H,11,12)(H,14,15). The van der Waals surface area contributed by atoms with Crippen molar-refractivity contribution in [3.8, 4) is 5.75 Å². The van der Waals surface area contributed by atoms with E-state index in [1.165, 1.54) is 19.4 Å². The summed E-state index contributed by atoms with van der Waals surface area (Å²) < 4.78 is 5.06. The molecule has 2 rings (SSSR count). The minimum absolute atomic E-state index is 0.0144. The normalized spacial score (nSPS) is 10.3. The van der Waals surface area contributed by atoms with Crippen LogP contribution in [-0.2, 0) is 4.79 Å². The number of Topliss-reactive ketones (excluding diaryl/α,β-unsaturated/α-hetero) is 1. The molecule has 0 unspecified atom stereocenters. The molecule has 6 heteroatoms. The molecule has 0 saturated carbocycles. The zero-order valence-corrected chi connectivity index (χ0v) is 8.35. The Balaban J connectivity index is 2.60. The van der Waals surface area contributed by atoms with Crippen LogP contribution in [-0.4, -0.2) is 33.9 Å². The van der Waals surface area contributed by atoms with Crippen LogP contribution in [0, 0.1) is 0 Å². The van der Waals surface area contributed by atoms with Gasteiger partial charge in [0, 0.05) is 6.20 Å². The number of carboxylic acids is 1. The number of aromatic nitrogens is 2. The fourth-order valence-corrected chi connectivity index (χ4v) is 1.42. The van der Waals surface area contributed by atoms with E-state index in [0.29, 0.717) is 16.8 Å².